The standard InChI is InChI=1S/C9H17N3S/c1-7(2)4-5-8(3)11-9-6-10-12-13-9/h6-8,11H,4-5H2,1-3H3. The average Bonchev–Trinajstić information content (AvgIpc) is 2.53. The van der Waals surface area contributed by atoms with Crippen LogP contribution in [0.4, 0.5) is 5.00 Å². The number of hydrogen-bond donors (Lipinski definition) is 1. The van der Waals surface area contributed by atoms with Crippen molar-refractivity contribution in [3.63, 3.8) is 0 Å². The van der Waals surface area contributed by atoms with Gasteiger partial charge in [-0.15, -0.1) is 5.10 Å². The summed E-state index contributed by atoms with van der Waals surface area (Å²) < 4.78 is 3.80. The van der Waals surface area contributed by atoms with E-state index < -0.39 is 0 Å². The molecule has 13 heavy (non-hydrogen) atoms. The van der Waals surface area contributed by atoms with Crippen molar-refractivity contribution in [2.75, 3.05) is 5.32 Å². The Morgan fingerprint density at radius 3 is 2.69 bits per heavy atom. The average molecular weight is 199 g/mol. The summed E-state index contributed by atoms with van der Waals surface area (Å²) in [6, 6.07) is 0.518. The third-order valence-electron chi connectivity index (χ3n) is 1.93. The van der Waals surface area contributed by atoms with Crippen LogP contribution in [0.25, 0.3) is 0 Å². The largest absolute Gasteiger partial charge is 0.372 e. The van der Waals surface area contributed by atoms with Gasteiger partial charge in [0.05, 0.1) is 6.20 Å². The van der Waals surface area contributed by atoms with Crippen molar-refractivity contribution in [1.82, 2.24) is 9.59 Å². The van der Waals surface area contributed by atoms with Gasteiger partial charge >= 0.3 is 0 Å². The number of aromatic nitrogens is 2. The normalized spacial score (nSPS) is 13.2. The SMILES string of the molecule is CC(C)CCC(C)Nc1cnns1. The molecule has 0 aromatic carbocycles. The molecule has 0 amide bonds. The summed E-state index contributed by atoms with van der Waals surface area (Å²) in [6.45, 7) is 6.70. The van der Waals surface area contributed by atoms with E-state index in [1.807, 2.05) is 0 Å². The molecule has 0 bridgehead atoms. The Hall–Kier alpha value is -0.640. The van der Waals surface area contributed by atoms with Crippen LogP contribution in [-0.2, 0) is 0 Å². The second-order valence-corrected chi connectivity index (χ2v) is 4.58. The van der Waals surface area contributed by atoms with Gasteiger partial charge in [0.15, 0.2) is 0 Å². The maximum Gasteiger partial charge on any atom is 0.130 e. The minimum absolute atomic E-state index is 0.518. The fraction of sp³-hybridized carbons (Fsp3) is 0.778. The number of anilines is 1. The highest BCUT2D eigenvalue weighted by atomic mass is 32.1. The molecule has 74 valence electrons. The number of nitrogens with zero attached hydrogens (tertiary/aromatic N) is 2. The molecule has 4 heteroatoms. The first-order chi connectivity index (χ1) is 6.18. The predicted octanol–water partition coefficient (Wildman–Crippen LogP) is 2.77. The lowest BCUT2D eigenvalue weighted by Gasteiger charge is -2.13. The molecule has 1 rings (SSSR count). The van der Waals surface area contributed by atoms with Gasteiger partial charge in [-0.25, -0.2) is 0 Å². The summed E-state index contributed by atoms with van der Waals surface area (Å²) in [5.74, 6) is 0.781. The summed E-state index contributed by atoms with van der Waals surface area (Å²) >= 11 is 1.41. The number of rotatable bonds is 5. The number of hydrogen-bond acceptors (Lipinski definition) is 4. The molecule has 0 radical (unpaired) electrons. The highest BCUT2D eigenvalue weighted by Crippen LogP contribution is 2.14. The van der Waals surface area contributed by atoms with Crippen LogP contribution < -0.4 is 5.32 Å². The van der Waals surface area contributed by atoms with Gasteiger partial charge in [-0.3, -0.25) is 0 Å². The zero-order valence-corrected chi connectivity index (χ0v) is 9.27. The minimum atomic E-state index is 0.518. The molecule has 0 aliphatic rings. The predicted molar refractivity (Wildman–Crippen MR) is 57.1 cm³/mol. The lowest BCUT2D eigenvalue weighted by molar-refractivity contribution is 0.528. The Kier molecular flexibility index (Phi) is 4.15. The van der Waals surface area contributed by atoms with Crippen LogP contribution in [0.2, 0.25) is 0 Å². The van der Waals surface area contributed by atoms with Crippen molar-refractivity contribution in [3.05, 3.63) is 6.20 Å². The summed E-state index contributed by atoms with van der Waals surface area (Å²) in [5, 5.41) is 8.21. The third-order valence-corrected chi connectivity index (χ3v) is 2.52. The molecule has 0 fully saturated rings. The van der Waals surface area contributed by atoms with E-state index in [4.69, 9.17) is 0 Å². The van der Waals surface area contributed by atoms with Crippen molar-refractivity contribution >= 4 is 16.5 Å². The van der Waals surface area contributed by atoms with Gasteiger partial charge in [0.1, 0.15) is 5.00 Å². The molecule has 1 aromatic rings. The van der Waals surface area contributed by atoms with E-state index >= 15 is 0 Å². The van der Waals surface area contributed by atoms with Crippen LogP contribution in [0.1, 0.15) is 33.6 Å². The van der Waals surface area contributed by atoms with Crippen LogP contribution in [-0.4, -0.2) is 15.6 Å². The van der Waals surface area contributed by atoms with E-state index in [2.05, 4.69) is 35.7 Å². The first-order valence-corrected chi connectivity index (χ1v) is 5.49. The molecule has 1 heterocycles. The Morgan fingerprint density at radius 2 is 2.15 bits per heavy atom. The van der Waals surface area contributed by atoms with E-state index in [0.717, 1.165) is 10.9 Å². The van der Waals surface area contributed by atoms with Crippen molar-refractivity contribution in [3.8, 4) is 0 Å². The summed E-state index contributed by atoms with van der Waals surface area (Å²) in [7, 11) is 0. The lowest BCUT2D eigenvalue weighted by atomic mass is 10.0. The summed E-state index contributed by atoms with van der Waals surface area (Å²) in [4.78, 5) is 0. The van der Waals surface area contributed by atoms with Gasteiger partial charge in [0, 0.05) is 17.6 Å². The molecule has 1 atom stereocenters. The maximum atomic E-state index is 3.80. The van der Waals surface area contributed by atoms with Gasteiger partial charge in [-0.05, 0) is 25.7 Å². The summed E-state index contributed by atoms with van der Waals surface area (Å²) in [5.41, 5.74) is 0. The Morgan fingerprint density at radius 1 is 1.38 bits per heavy atom. The molecule has 3 nitrogen and oxygen atoms in total. The van der Waals surface area contributed by atoms with Gasteiger partial charge in [-0.1, -0.05) is 18.3 Å². The van der Waals surface area contributed by atoms with Crippen LogP contribution >= 0.6 is 11.5 Å². The second kappa shape index (κ2) is 5.17. The molecule has 0 aliphatic heterocycles. The van der Waals surface area contributed by atoms with Crippen molar-refractivity contribution in [2.45, 2.75) is 39.7 Å². The molecule has 0 saturated carbocycles. The van der Waals surface area contributed by atoms with Gasteiger partial charge < -0.3 is 5.32 Å². The van der Waals surface area contributed by atoms with Crippen LogP contribution in [0.5, 0.6) is 0 Å². The first-order valence-electron chi connectivity index (χ1n) is 4.72. The van der Waals surface area contributed by atoms with Gasteiger partial charge in [0.25, 0.3) is 0 Å². The van der Waals surface area contributed by atoms with Crippen LogP contribution in [0.3, 0.4) is 0 Å². The highest BCUT2D eigenvalue weighted by Gasteiger charge is 2.04. The Balaban J connectivity index is 2.22. The van der Waals surface area contributed by atoms with Crippen molar-refractivity contribution < 1.29 is 0 Å². The van der Waals surface area contributed by atoms with E-state index in [1.54, 1.807) is 6.20 Å². The van der Waals surface area contributed by atoms with Crippen molar-refractivity contribution in [1.29, 1.82) is 0 Å². The minimum Gasteiger partial charge on any atom is -0.372 e. The highest BCUT2D eigenvalue weighted by molar-refractivity contribution is 7.09. The van der Waals surface area contributed by atoms with Crippen LogP contribution in [0, 0.1) is 5.92 Å². The monoisotopic (exact) mass is 199 g/mol. The topological polar surface area (TPSA) is 37.8 Å². The van der Waals surface area contributed by atoms with Crippen LogP contribution in [0.15, 0.2) is 6.20 Å². The summed E-state index contributed by atoms with van der Waals surface area (Å²) in [6.07, 6.45) is 4.24. The maximum absolute atomic E-state index is 3.80. The number of nitrogens with one attached hydrogen (secondary N) is 1. The molecular weight excluding hydrogens is 182 g/mol. The molecule has 0 aliphatic carbocycles. The van der Waals surface area contributed by atoms with Crippen molar-refractivity contribution in [2.24, 2.45) is 5.92 Å². The van der Waals surface area contributed by atoms with E-state index in [1.165, 1.54) is 24.4 Å². The molecule has 0 saturated heterocycles. The first kappa shape index (κ1) is 10.4. The third kappa shape index (κ3) is 4.22. The molecule has 1 N–H and O–H groups in total. The zero-order valence-electron chi connectivity index (χ0n) is 8.45. The Labute approximate surface area is 83.7 Å². The van der Waals surface area contributed by atoms with E-state index in [9.17, 15) is 0 Å². The second-order valence-electron chi connectivity index (χ2n) is 3.80. The molecule has 1 unspecified atom stereocenters. The fourth-order valence-corrected chi connectivity index (χ4v) is 1.66. The zero-order chi connectivity index (χ0) is 9.68. The van der Waals surface area contributed by atoms with E-state index in [-0.39, 0.29) is 0 Å². The smallest absolute Gasteiger partial charge is 0.130 e. The molecule has 1 aromatic heterocycles. The quantitative estimate of drug-likeness (QED) is 0.792. The van der Waals surface area contributed by atoms with Gasteiger partial charge in [0.2, 0.25) is 0 Å². The lowest BCUT2D eigenvalue weighted by Crippen LogP contribution is -2.14. The van der Waals surface area contributed by atoms with Gasteiger partial charge in [-0.2, -0.15) is 0 Å². The Bertz CT molecular complexity index is 221. The molecular formula is C9H17N3S. The van der Waals surface area contributed by atoms with E-state index in [0.29, 0.717) is 6.04 Å². The molecule has 0 spiro atoms. The fourth-order valence-electron chi connectivity index (χ4n) is 1.13.